The Kier molecular flexibility index (Phi) is 43.8. The van der Waals surface area contributed by atoms with Gasteiger partial charge >= 0.3 is 0 Å². The normalized spacial score (nSPS) is 22.9. The standard InChI is InChI=1S/C74H117N11O27S2/c1-5-46(2)54-35-51(87)39-78-68(95)49-33-55-53-6-7-60(89)56(67(53)83-72(55)114(101)45-58(80-64(93)40-79-69(54)96)70(97)81-57(37-63(76)92)74(100)84-42-52(88)36-59(84)71(98)82-66(61(90)34-49)48(4)62(91)43-86)44-113-31-30-112-29-28-111-27-26-110-25-24-109-23-22-108-21-20-107-19-18-106-17-16-105-15-14-104-13-12-103-11-10-102-9-8-77-38-50(75)41-85-65(94)32-47(3)73(85)99/h6-7,38,46-49,52,54,57-59,62,66,77,83,86,88-89,91H,5,8-37,39-45,75H2,1-4H3,(H2,76,92)(H,78,95)(H,79,96)(H,80,93)(H,81,97)(H,82,98)/b50-38-/t46-,47?,48-,49+,52+,54-,57-,58+,59-,62-,66-,114?/m0/s1. The van der Waals surface area contributed by atoms with Crippen LogP contribution in [0.15, 0.2) is 29.1 Å². The van der Waals surface area contributed by atoms with Crippen LogP contribution >= 0.6 is 11.8 Å². The number of H-pyrrole nitrogens is 1. The van der Waals surface area contributed by atoms with Crippen molar-refractivity contribution < 1.29 is 129 Å². The smallest absolute Gasteiger partial charge is 0.246 e. The van der Waals surface area contributed by atoms with E-state index in [-0.39, 0.29) is 78.1 Å². The number of aromatic nitrogens is 1. The van der Waals surface area contributed by atoms with Gasteiger partial charge in [0, 0.05) is 96.8 Å². The van der Waals surface area contributed by atoms with Crippen LogP contribution in [0.4, 0.5) is 0 Å². The third-order valence-electron chi connectivity index (χ3n) is 19.3. The number of primary amides is 1. The first-order chi connectivity index (χ1) is 54.8. The van der Waals surface area contributed by atoms with Crippen LogP contribution in [0.3, 0.4) is 0 Å². The molecular weight excluding hydrogens is 1540 g/mol. The van der Waals surface area contributed by atoms with Crippen LogP contribution in [0, 0.1) is 29.6 Å². The molecular formula is C74H117N11O27S2. The number of phenolic OH excluding ortho intramolecular Hbond substituents is 1. The zero-order valence-electron chi connectivity index (χ0n) is 65.5. The molecule has 12 atom stereocenters. The number of amides is 9. The molecule has 4 aliphatic heterocycles. The highest BCUT2D eigenvalue weighted by Crippen LogP contribution is 2.37. The zero-order valence-corrected chi connectivity index (χ0v) is 67.1. The van der Waals surface area contributed by atoms with Crippen molar-refractivity contribution in [2.45, 2.75) is 120 Å². The first-order valence-electron chi connectivity index (χ1n) is 38.6. The molecule has 6 rings (SSSR count). The summed E-state index contributed by atoms with van der Waals surface area (Å²) in [4.78, 5) is 157. The number of rotatable bonds is 48. The number of phenols is 1. The van der Waals surface area contributed by atoms with Crippen molar-refractivity contribution in [1.82, 2.24) is 46.7 Å². The van der Waals surface area contributed by atoms with Gasteiger partial charge in [0.2, 0.25) is 53.2 Å². The van der Waals surface area contributed by atoms with Gasteiger partial charge in [-0.15, -0.1) is 0 Å². The molecule has 0 saturated carbocycles. The maximum atomic E-state index is 15.3. The number of Topliss-reactive ketones (excluding diaryl/α,β-unsaturated/α-hetero) is 2. The van der Waals surface area contributed by atoms with E-state index in [1.54, 1.807) is 27.0 Å². The molecule has 0 spiro atoms. The number of thioether (sulfide) groups is 1. The largest absolute Gasteiger partial charge is 0.508 e. The summed E-state index contributed by atoms with van der Waals surface area (Å²) >= 11 is 1.36. The lowest BCUT2D eigenvalue weighted by molar-refractivity contribution is -0.144. The summed E-state index contributed by atoms with van der Waals surface area (Å²) in [6.45, 7) is 12.5. The van der Waals surface area contributed by atoms with Gasteiger partial charge in [-0.3, -0.25) is 61.8 Å². The number of carbonyl (C=O) groups is 11. The Hall–Kier alpha value is -7.39. The fourth-order valence-electron chi connectivity index (χ4n) is 12.7. The van der Waals surface area contributed by atoms with Crippen LogP contribution in [0.1, 0.15) is 77.3 Å². The number of carbonyl (C=O) groups excluding carboxylic acids is 11. The number of aliphatic hydroxyl groups excluding tert-OH is 3. The van der Waals surface area contributed by atoms with Crippen molar-refractivity contribution in [3.8, 4) is 5.75 Å². The van der Waals surface area contributed by atoms with Gasteiger partial charge < -0.3 is 126 Å². The number of likely N-dealkylation sites (tertiary alicyclic amines) is 1. The maximum absolute atomic E-state index is 15.3. The summed E-state index contributed by atoms with van der Waals surface area (Å²) in [5.41, 5.74) is 12.6. The highest BCUT2D eigenvalue weighted by atomic mass is 32.2. The van der Waals surface area contributed by atoms with E-state index in [0.717, 1.165) is 4.90 Å². The van der Waals surface area contributed by atoms with E-state index in [1.807, 2.05) is 0 Å². The summed E-state index contributed by atoms with van der Waals surface area (Å²) < 4.78 is 76.6. The highest BCUT2D eigenvalue weighted by molar-refractivity contribution is 7.98. The number of nitrogens with two attached hydrogens (primary N) is 2. The number of nitrogens with zero attached hydrogens (tertiary/aromatic N) is 2. The predicted molar refractivity (Wildman–Crippen MR) is 411 cm³/mol. The van der Waals surface area contributed by atoms with Crippen molar-refractivity contribution in [2.75, 3.05) is 196 Å². The lowest BCUT2D eigenvalue weighted by Crippen LogP contribution is -2.60. The van der Waals surface area contributed by atoms with E-state index in [9.17, 15) is 73.2 Å². The SMILES string of the molecule is CC[C@H](C)[C@@H]1CC(=O)CNC(=O)[C@H]2CC(=O)[C@H]([C@@H](C)[C@@H](O)CO)NC(=O)[C@@H]3C[C@@H](O)CN3C(=O)[C@H](CC(N)=O)NC(=O)[C@@H](CS(=O)c3[nH]c4c(CSCCOCCOCCOCCOCCOCCOCCOCCOCCOCCOCCOCCN/C=C(\N)CN5C(=O)CC(C)C5=O)c(O)ccc4c3C2)NC(=O)CNC1=O. The lowest BCUT2D eigenvalue weighted by atomic mass is 9.85. The molecule has 2 saturated heterocycles. The molecule has 2 bridgehead atoms. The molecule has 642 valence electrons. The molecule has 5 heterocycles. The monoisotopic (exact) mass is 1660 g/mol. The molecule has 4 aliphatic rings. The Labute approximate surface area is 669 Å². The first kappa shape index (κ1) is 95.5. The molecule has 114 heavy (non-hydrogen) atoms. The van der Waals surface area contributed by atoms with Crippen LogP contribution < -0.4 is 43.4 Å². The second kappa shape index (κ2) is 52.3. The Bertz CT molecular complexity index is 3480. The number of imide groups is 1. The van der Waals surface area contributed by atoms with Gasteiger partial charge in [-0.05, 0) is 30.0 Å². The predicted octanol–water partition coefficient (Wildman–Crippen LogP) is -3.54. The molecule has 2 aromatic rings. The number of fused-ring (bicyclic) bond motifs is 5. The third-order valence-corrected chi connectivity index (χ3v) is 21.7. The van der Waals surface area contributed by atoms with E-state index in [2.05, 4.69) is 36.9 Å². The van der Waals surface area contributed by atoms with E-state index in [4.69, 9.17) is 63.6 Å². The number of hydrogen-bond acceptors (Lipinski definition) is 30. The van der Waals surface area contributed by atoms with Gasteiger partial charge in [-0.2, -0.15) is 11.8 Å². The van der Waals surface area contributed by atoms with Crippen molar-refractivity contribution in [3.63, 3.8) is 0 Å². The van der Waals surface area contributed by atoms with Gasteiger partial charge in [0.1, 0.15) is 28.9 Å². The summed E-state index contributed by atoms with van der Waals surface area (Å²) in [7, 11) is -2.45. The Morgan fingerprint density at radius 2 is 1.23 bits per heavy atom. The number of ketones is 2. The van der Waals surface area contributed by atoms with Crippen LogP contribution in [-0.4, -0.2) is 337 Å². The first-order valence-corrected chi connectivity index (χ1v) is 41.0. The second-order valence-corrected chi connectivity index (χ2v) is 30.4. The summed E-state index contributed by atoms with van der Waals surface area (Å²) in [5, 5.41) is 59.2. The van der Waals surface area contributed by atoms with Gasteiger partial charge in [0.25, 0.3) is 0 Å². The molecule has 0 aliphatic carbocycles. The molecule has 38 nitrogen and oxygen atoms in total. The molecule has 1 aromatic heterocycles. The molecule has 0 radical (unpaired) electrons. The number of aliphatic hydroxyl groups is 3. The van der Waals surface area contributed by atoms with Gasteiger partial charge in [0.15, 0.2) is 11.6 Å². The maximum Gasteiger partial charge on any atom is 0.246 e. The quantitative estimate of drug-likeness (QED) is 0.0225. The summed E-state index contributed by atoms with van der Waals surface area (Å²) in [6.07, 6.45) is -3.72. The Morgan fingerprint density at radius 3 is 1.75 bits per heavy atom. The number of hydrogen-bond donors (Lipinski definition) is 13. The van der Waals surface area contributed by atoms with Crippen LogP contribution in [0.25, 0.3) is 10.9 Å². The fraction of sp³-hybridized carbons (Fsp3) is 0.716. The minimum atomic E-state index is -2.45. The fourth-order valence-corrected chi connectivity index (χ4v) is 15.0. The number of aromatic amines is 1. The number of benzene rings is 1. The van der Waals surface area contributed by atoms with Crippen molar-refractivity contribution in [2.24, 2.45) is 41.1 Å². The molecule has 2 fully saturated rings. The Morgan fingerprint density at radius 1 is 0.684 bits per heavy atom. The van der Waals surface area contributed by atoms with Crippen LogP contribution in [-0.2, 0) is 128 Å². The van der Waals surface area contributed by atoms with E-state index in [0.29, 0.717) is 161 Å². The van der Waals surface area contributed by atoms with Crippen LogP contribution in [0.2, 0.25) is 0 Å². The average Bonchev–Trinajstić information content (AvgIpc) is 1.61. The number of ether oxygens (including phenoxy) is 11. The van der Waals surface area contributed by atoms with Crippen molar-refractivity contribution in [3.05, 3.63) is 35.2 Å². The van der Waals surface area contributed by atoms with E-state index in [1.165, 1.54) is 35.7 Å². The second-order valence-electron chi connectivity index (χ2n) is 27.9. The average molecular weight is 1660 g/mol. The summed E-state index contributed by atoms with van der Waals surface area (Å²) in [6, 6.07) is -4.16. The molecule has 15 N–H and O–H groups in total. The van der Waals surface area contributed by atoms with E-state index >= 15 is 4.21 Å². The number of aromatic hydroxyl groups is 1. The van der Waals surface area contributed by atoms with E-state index < -0.39 is 188 Å². The third kappa shape index (κ3) is 32.6. The van der Waals surface area contributed by atoms with Crippen molar-refractivity contribution >= 4 is 98.2 Å². The van der Waals surface area contributed by atoms with Crippen LogP contribution in [0.5, 0.6) is 5.75 Å². The van der Waals surface area contributed by atoms with Gasteiger partial charge in [0.05, 0.1) is 218 Å². The van der Waals surface area contributed by atoms with Crippen molar-refractivity contribution in [1.29, 1.82) is 0 Å². The van der Waals surface area contributed by atoms with Gasteiger partial charge in [-0.1, -0.05) is 34.1 Å². The molecule has 40 heteroatoms. The summed E-state index contributed by atoms with van der Waals surface area (Å²) in [5.74, 6) is -13.9. The Balaban J connectivity index is 0.907. The van der Waals surface area contributed by atoms with Gasteiger partial charge in [-0.25, -0.2) is 0 Å². The minimum Gasteiger partial charge on any atom is -0.508 e. The highest BCUT2D eigenvalue weighted by Gasteiger charge is 2.46. The lowest BCUT2D eigenvalue weighted by Gasteiger charge is -2.32. The minimum absolute atomic E-state index is 0.0692. The zero-order chi connectivity index (χ0) is 82.9. The molecule has 1 aromatic carbocycles. The molecule has 2 unspecified atom stereocenters. The number of nitrogens with one attached hydrogen (secondary N) is 7. The molecule has 9 amide bonds. The topological polar surface area (TPSA) is 534 Å².